The van der Waals surface area contributed by atoms with Gasteiger partial charge in [-0.2, -0.15) is 0 Å². The highest BCUT2D eigenvalue weighted by Gasteiger charge is 2.13. The van der Waals surface area contributed by atoms with Crippen LogP contribution in [0, 0.1) is 25.5 Å². The first-order valence-corrected chi connectivity index (χ1v) is 6.29. The predicted molar refractivity (Wildman–Crippen MR) is 72.5 cm³/mol. The minimum absolute atomic E-state index is 0.0970. The minimum Gasteiger partial charge on any atom is -0.483 e. The lowest BCUT2D eigenvalue weighted by Crippen LogP contribution is -2.03. The standard InChI is InChI=1S/C16H16F2O2/c1-10-3-4-11(2)13(5-10)9-20-16-14(17)6-12(8-19)7-15(16)18/h3-7,19H,8-9H2,1-2H3. The SMILES string of the molecule is Cc1ccc(C)c(COc2c(F)cc(CO)cc2F)c1. The van der Waals surface area contributed by atoms with E-state index in [1.54, 1.807) is 0 Å². The number of aryl methyl sites for hydroxylation is 2. The fraction of sp³-hybridized carbons (Fsp3) is 0.250. The summed E-state index contributed by atoms with van der Waals surface area (Å²) in [6.45, 7) is 3.55. The summed E-state index contributed by atoms with van der Waals surface area (Å²) in [5.41, 5.74) is 3.13. The Balaban J connectivity index is 2.21. The van der Waals surface area contributed by atoms with Gasteiger partial charge in [-0.05, 0) is 42.7 Å². The fourth-order valence-corrected chi connectivity index (χ4v) is 1.95. The molecule has 0 aromatic heterocycles. The molecule has 2 rings (SSSR count). The van der Waals surface area contributed by atoms with Crippen LogP contribution in [0.4, 0.5) is 8.78 Å². The third-order valence-corrected chi connectivity index (χ3v) is 3.12. The molecule has 0 atom stereocenters. The first kappa shape index (κ1) is 14.5. The van der Waals surface area contributed by atoms with E-state index in [0.717, 1.165) is 28.8 Å². The number of hydrogen-bond donors (Lipinski definition) is 1. The van der Waals surface area contributed by atoms with Crippen LogP contribution in [0.25, 0.3) is 0 Å². The van der Waals surface area contributed by atoms with E-state index in [0.29, 0.717) is 0 Å². The molecule has 0 bridgehead atoms. The van der Waals surface area contributed by atoms with Gasteiger partial charge in [-0.15, -0.1) is 0 Å². The van der Waals surface area contributed by atoms with Crippen LogP contribution in [-0.2, 0) is 13.2 Å². The van der Waals surface area contributed by atoms with Crippen molar-refractivity contribution in [3.05, 3.63) is 64.2 Å². The van der Waals surface area contributed by atoms with Gasteiger partial charge in [0, 0.05) is 0 Å². The largest absolute Gasteiger partial charge is 0.483 e. The maximum Gasteiger partial charge on any atom is 0.191 e. The summed E-state index contributed by atoms with van der Waals surface area (Å²) in [6.07, 6.45) is 0. The molecule has 1 N–H and O–H groups in total. The lowest BCUT2D eigenvalue weighted by molar-refractivity contribution is 0.265. The molecule has 0 radical (unpaired) electrons. The Morgan fingerprint density at radius 1 is 1.05 bits per heavy atom. The Morgan fingerprint density at radius 2 is 1.70 bits per heavy atom. The Kier molecular flexibility index (Phi) is 4.35. The van der Waals surface area contributed by atoms with Crippen molar-refractivity contribution in [2.45, 2.75) is 27.1 Å². The van der Waals surface area contributed by atoms with Gasteiger partial charge in [-0.3, -0.25) is 0 Å². The van der Waals surface area contributed by atoms with Gasteiger partial charge in [-0.1, -0.05) is 23.8 Å². The molecule has 0 amide bonds. The van der Waals surface area contributed by atoms with Crippen LogP contribution < -0.4 is 4.74 Å². The zero-order valence-corrected chi connectivity index (χ0v) is 11.4. The predicted octanol–water partition coefficient (Wildman–Crippen LogP) is 3.65. The average molecular weight is 278 g/mol. The summed E-state index contributed by atoms with van der Waals surface area (Å²) in [7, 11) is 0. The lowest BCUT2D eigenvalue weighted by Gasteiger charge is -2.11. The van der Waals surface area contributed by atoms with E-state index in [1.807, 2.05) is 32.0 Å². The molecule has 0 spiro atoms. The summed E-state index contributed by atoms with van der Waals surface area (Å²) < 4.78 is 32.7. The van der Waals surface area contributed by atoms with Gasteiger partial charge in [0.2, 0.25) is 0 Å². The van der Waals surface area contributed by atoms with E-state index >= 15 is 0 Å². The molecule has 0 fully saturated rings. The highest BCUT2D eigenvalue weighted by atomic mass is 19.1. The van der Waals surface area contributed by atoms with Gasteiger partial charge in [0.25, 0.3) is 0 Å². The van der Waals surface area contributed by atoms with Crippen LogP contribution in [-0.4, -0.2) is 5.11 Å². The molecule has 0 aliphatic carbocycles. The van der Waals surface area contributed by atoms with Gasteiger partial charge in [0.05, 0.1) is 6.61 Å². The van der Waals surface area contributed by atoms with Gasteiger partial charge in [-0.25, -0.2) is 8.78 Å². The highest BCUT2D eigenvalue weighted by Crippen LogP contribution is 2.25. The number of ether oxygens (including phenoxy) is 1. The van der Waals surface area contributed by atoms with Gasteiger partial charge < -0.3 is 9.84 Å². The average Bonchev–Trinajstić information content (AvgIpc) is 2.41. The Bertz CT molecular complexity index is 601. The third kappa shape index (κ3) is 3.14. The molecule has 0 unspecified atom stereocenters. The Labute approximate surface area is 116 Å². The highest BCUT2D eigenvalue weighted by molar-refractivity contribution is 5.33. The van der Waals surface area contributed by atoms with Crippen molar-refractivity contribution < 1.29 is 18.6 Å². The van der Waals surface area contributed by atoms with Gasteiger partial charge in [0.1, 0.15) is 6.61 Å². The molecule has 2 nitrogen and oxygen atoms in total. The molecule has 106 valence electrons. The van der Waals surface area contributed by atoms with E-state index in [9.17, 15) is 8.78 Å². The quantitative estimate of drug-likeness (QED) is 0.925. The molecule has 20 heavy (non-hydrogen) atoms. The molecule has 0 saturated heterocycles. The van der Waals surface area contributed by atoms with E-state index in [4.69, 9.17) is 9.84 Å². The summed E-state index contributed by atoms with van der Waals surface area (Å²) in [5.74, 6) is -2.03. The number of halogens is 2. The topological polar surface area (TPSA) is 29.5 Å². The first-order chi connectivity index (χ1) is 9.51. The van der Waals surface area contributed by atoms with E-state index in [-0.39, 0.29) is 12.2 Å². The van der Waals surface area contributed by atoms with Gasteiger partial charge >= 0.3 is 0 Å². The number of benzene rings is 2. The van der Waals surface area contributed by atoms with Crippen LogP contribution >= 0.6 is 0 Å². The molecule has 0 aliphatic heterocycles. The van der Waals surface area contributed by atoms with Crippen molar-refractivity contribution in [2.24, 2.45) is 0 Å². The molecule has 0 aliphatic rings. The Hall–Kier alpha value is -1.94. The van der Waals surface area contributed by atoms with E-state index in [1.165, 1.54) is 0 Å². The number of rotatable bonds is 4. The van der Waals surface area contributed by atoms with Crippen LogP contribution in [0.1, 0.15) is 22.3 Å². The summed E-state index contributed by atoms with van der Waals surface area (Å²) in [6, 6.07) is 7.97. The minimum atomic E-state index is -0.806. The zero-order valence-electron chi connectivity index (χ0n) is 11.4. The maximum absolute atomic E-state index is 13.7. The van der Waals surface area contributed by atoms with E-state index < -0.39 is 24.0 Å². The molecule has 2 aromatic carbocycles. The lowest BCUT2D eigenvalue weighted by atomic mass is 10.1. The summed E-state index contributed by atoms with van der Waals surface area (Å²) in [4.78, 5) is 0. The molecule has 2 aromatic rings. The van der Waals surface area contributed by atoms with Crippen molar-refractivity contribution >= 4 is 0 Å². The van der Waals surface area contributed by atoms with Crippen LogP contribution in [0.5, 0.6) is 5.75 Å². The molecular weight excluding hydrogens is 262 g/mol. The van der Waals surface area contributed by atoms with Crippen LogP contribution in [0.3, 0.4) is 0 Å². The van der Waals surface area contributed by atoms with Crippen molar-refractivity contribution in [3.8, 4) is 5.75 Å². The smallest absolute Gasteiger partial charge is 0.191 e. The summed E-state index contributed by atoms with van der Waals surface area (Å²) >= 11 is 0. The summed E-state index contributed by atoms with van der Waals surface area (Å²) in [5, 5.41) is 8.88. The first-order valence-electron chi connectivity index (χ1n) is 6.29. The number of aliphatic hydroxyl groups excluding tert-OH is 1. The molecular formula is C16H16F2O2. The molecule has 0 heterocycles. The van der Waals surface area contributed by atoms with Crippen LogP contribution in [0.2, 0.25) is 0 Å². The number of hydrogen-bond acceptors (Lipinski definition) is 2. The van der Waals surface area contributed by atoms with Crippen molar-refractivity contribution in [3.63, 3.8) is 0 Å². The van der Waals surface area contributed by atoms with Crippen molar-refractivity contribution in [1.29, 1.82) is 0 Å². The van der Waals surface area contributed by atoms with Crippen molar-refractivity contribution in [1.82, 2.24) is 0 Å². The maximum atomic E-state index is 13.7. The second kappa shape index (κ2) is 6.01. The second-order valence-electron chi connectivity index (χ2n) is 4.77. The molecule has 0 saturated carbocycles. The second-order valence-corrected chi connectivity index (χ2v) is 4.77. The zero-order chi connectivity index (χ0) is 14.7. The Morgan fingerprint density at radius 3 is 2.30 bits per heavy atom. The number of aliphatic hydroxyl groups is 1. The van der Waals surface area contributed by atoms with Crippen LogP contribution in [0.15, 0.2) is 30.3 Å². The fourth-order valence-electron chi connectivity index (χ4n) is 1.95. The van der Waals surface area contributed by atoms with E-state index in [2.05, 4.69) is 0 Å². The molecule has 4 heteroatoms. The third-order valence-electron chi connectivity index (χ3n) is 3.12. The van der Waals surface area contributed by atoms with Crippen molar-refractivity contribution in [2.75, 3.05) is 0 Å². The van der Waals surface area contributed by atoms with Gasteiger partial charge in [0.15, 0.2) is 17.4 Å². The normalized spacial score (nSPS) is 10.7. The monoisotopic (exact) mass is 278 g/mol.